The number of rotatable bonds is 9. The van der Waals surface area contributed by atoms with Crippen molar-refractivity contribution >= 4 is 15.9 Å². The molecular formula is C23H23BrO2. The zero-order chi connectivity index (χ0) is 18.1. The van der Waals surface area contributed by atoms with Gasteiger partial charge in [0, 0.05) is 5.33 Å². The molecule has 2 nitrogen and oxygen atoms in total. The van der Waals surface area contributed by atoms with Gasteiger partial charge in [0.25, 0.3) is 0 Å². The monoisotopic (exact) mass is 410 g/mol. The zero-order valence-corrected chi connectivity index (χ0v) is 16.3. The van der Waals surface area contributed by atoms with Crippen LogP contribution in [0, 0.1) is 0 Å². The van der Waals surface area contributed by atoms with Crippen LogP contribution in [0.5, 0.6) is 0 Å². The summed E-state index contributed by atoms with van der Waals surface area (Å²) in [4.78, 5) is 0. The van der Waals surface area contributed by atoms with Gasteiger partial charge < -0.3 is 9.47 Å². The molecule has 0 heterocycles. The Balaban J connectivity index is 2.06. The van der Waals surface area contributed by atoms with Gasteiger partial charge in [-0.05, 0) is 16.7 Å². The van der Waals surface area contributed by atoms with Crippen molar-refractivity contribution in [3.63, 3.8) is 0 Å². The van der Waals surface area contributed by atoms with Crippen LogP contribution in [0.4, 0.5) is 0 Å². The Bertz CT molecular complexity index is 663. The van der Waals surface area contributed by atoms with Crippen molar-refractivity contribution in [2.24, 2.45) is 0 Å². The van der Waals surface area contributed by atoms with E-state index in [0.717, 1.165) is 22.0 Å². The van der Waals surface area contributed by atoms with E-state index in [4.69, 9.17) is 9.47 Å². The van der Waals surface area contributed by atoms with Crippen LogP contribution in [0.3, 0.4) is 0 Å². The molecule has 0 saturated heterocycles. The van der Waals surface area contributed by atoms with E-state index in [9.17, 15) is 0 Å². The highest BCUT2D eigenvalue weighted by molar-refractivity contribution is 9.09. The fraction of sp³-hybridized carbons (Fsp3) is 0.217. The molecule has 0 aliphatic rings. The van der Waals surface area contributed by atoms with E-state index >= 15 is 0 Å². The van der Waals surface area contributed by atoms with E-state index < -0.39 is 5.60 Å². The molecule has 0 aromatic heterocycles. The molecule has 0 atom stereocenters. The predicted octanol–water partition coefficient (Wildman–Crippen LogP) is 5.41. The van der Waals surface area contributed by atoms with Gasteiger partial charge in [0.2, 0.25) is 0 Å². The molecule has 0 fully saturated rings. The normalized spacial score (nSPS) is 11.4. The highest BCUT2D eigenvalue weighted by Gasteiger charge is 2.37. The van der Waals surface area contributed by atoms with E-state index in [0.29, 0.717) is 19.8 Å². The van der Waals surface area contributed by atoms with E-state index in [-0.39, 0.29) is 0 Å². The number of ether oxygens (including phenoxy) is 2. The average Bonchev–Trinajstić information content (AvgIpc) is 2.73. The summed E-state index contributed by atoms with van der Waals surface area (Å²) in [5, 5.41) is 0.828. The Hall–Kier alpha value is -1.94. The first-order valence-electron chi connectivity index (χ1n) is 8.82. The first kappa shape index (κ1) is 18.8. The Morgan fingerprint density at radius 2 is 1.00 bits per heavy atom. The molecule has 0 spiro atoms. The number of alkyl halides is 1. The van der Waals surface area contributed by atoms with Gasteiger partial charge in [-0.15, -0.1) is 0 Å². The van der Waals surface area contributed by atoms with Crippen molar-refractivity contribution in [3.8, 4) is 0 Å². The maximum absolute atomic E-state index is 6.59. The number of halogens is 1. The second-order valence-electron chi connectivity index (χ2n) is 5.93. The maximum atomic E-state index is 6.59. The SMILES string of the molecule is BrCCOCCOC(c1ccccc1)(c1ccccc1)c1ccccc1. The predicted molar refractivity (Wildman–Crippen MR) is 110 cm³/mol. The Morgan fingerprint density at radius 1 is 0.577 bits per heavy atom. The smallest absolute Gasteiger partial charge is 0.143 e. The topological polar surface area (TPSA) is 18.5 Å². The molecule has 0 radical (unpaired) electrons. The van der Waals surface area contributed by atoms with Crippen molar-refractivity contribution in [2.75, 3.05) is 25.2 Å². The summed E-state index contributed by atoms with van der Waals surface area (Å²) in [6, 6.07) is 31.2. The molecule has 0 saturated carbocycles. The van der Waals surface area contributed by atoms with Crippen LogP contribution in [0.2, 0.25) is 0 Å². The third-order valence-electron chi connectivity index (χ3n) is 4.31. The Labute approximate surface area is 163 Å². The van der Waals surface area contributed by atoms with Crippen LogP contribution < -0.4 is 0 Å². The standard InChI is InChI=1S/C23H23BrO2/c24-16-17-25-18-19-26-23(20-10-4-1-5-11-20,21-12-6-2-7-13-21)22-14-8-3-9-15-22/h1-15H,16-19H2. The summed E-state index contributed by atoms with van der Waals surface area (Å²) >= 11 is 3.39. The van der Waals surface area contributed by atoms with E-state index in [1.165, 1.54) is 0 Å². The molecule has 0 bridgehead atoms. The summed E-state index contributed by atoms with van der Waals surface area (Å²) in [6.07, 6.45) is 0. The van der Waals surface area contributed by atoms with Crippen molar-refractivity contribution in [1.82, 2.24) is 0 Å². The highest BCUT2D eigenvalue weighted by Crippen LogP contribution is 2.40. The van der Waals surface area contributed by atoms with Crippen molar-refractivity contribution in [2.45, 2.75) is 5.60 Å². The van der Waals surface area contributed by atoms with Crippen molar-refractivity contribution < 1.29 is 9.47 Å². The summed E-state index contributed by atoms with van der Waals surface area (Å²) < 4.78 is 12.2. The van der Waals surface area contributed by atoms with E-state index in [2.05, 4.69) is 88.7 Å². The minimum Gasteiger partial charge on any atom is -0.378 e. The molecule has 0 amide bonds. The second kappa shape index (κ2) is 9.67. The number of hydrogen-bond acceptors (Lipinski definition) is 2. The first-order chi connectivity index (χ1) is 12.9. The van der Waals surface area contributed by atoms with Crippen LogP contribution in [0.15, 0.2) is 91.0 Å². The van der Waals surface area contributed by atoms with Crippen molar-refractivity contribution in [3.05, 3.63) is 108 Å². The lowest BCUT2D eigenvalue weighted by atomic mass is 9.80. The third-order valence-corrected chi connectivity index (χ3v) is 4.63. The molecule has 0 N–H and O–H groups in total. The Kier molecular flexibility index (Phi) is 7.01. The minimum absolute atomic E-state index is 0.506. The van der Waals surface area contributed by atoms with Gasteiger partial charge in [-0.1, -0.05) is 107 Å². The fourth-order valence-electron chi connectivity index (χ4n) is 3.18. The van der Waals surface area contributed by atoms with Gasteiger partial charge in [0.1, 0.15) is 5.60 Å². The molecule has 134 valence electrons. The van der Waals surface area contributed by atoms with Gasteiger partial charge in [-0.3, -0.25) is 0 Å². The molecule has 3 aromatic carbocycles. The molecular weight excluding hydrogens is 388 g/mol. The quantitative estimate of drug-likeness (QED) is 0.266. The summed E-state index contributed by atoms with van der Waals surface area (Å²) in [5.41, 5.74) is 2.66. The van der Waals surface area contributed by atoms with Gasteiger partial charge >= 0.3 is 0 Å². The highest BCUT2D eigenvalue weighted by atomic mass is 79.9. The van der Waals surface area contributed by atoms with Crippen LogP contribution in [0.1, 0.15) is 16.7 Å². The van der Waals surface area contributed by atoms with Gasteiger partial charge in [-0.2, -0.15) is 0 Å². The van der Waals surface area contributed by atoms with Crippen LogP contribution in [0.25, 0.3) is 0 Å². The molecule has 3 heteroatoms. The number of benzene rings is 3. The lowest BCUT2D eigenvalue weighted by Crippen LogP contribution is -2.34. The molecule has 26 heavy (non-hydrogen) atoms. The van der Waals surface area contributed by atoms with Crippen molar-refractivity contribution in [1.29, 1.82) is 0 Å². The minimum atomic E-state index is -0.665. The Morgan fingerprint density at radius 3 is 1.38 bits per heavy atom. The van der Waals surface area contributed by atoms with Crippen LogP contribution in [-0.2, 0) is 15.1 Å². The second-order valence-corrected chi connectivity index (χ2v) is 6.72. The van der Waals surface area contributed by atoms with Gasteiger partial charge in [0.15, 0.2) is 0 Å². The van der Waals surface area contributed by atoms with Gasteiger partial charge in [-0.25, -0.2) is 0 Å². The molecule has 3 rings (SSSR count). The summed E-state index contributed by atoms with van der Waals surface area (Å²) in [7, 11) is 0. The summed E-state index contributed by atoms with van der Waals surface area (Å²) in [5.74, 6) is 0. The number of hydrogen-bond donors (Lipinski definition) is 0. The molecule has 3 aromatic rings. The first-order valence-corrected chi connectivity index (χ1v) is 9.94. The van der Waals surface area contributed by atoms with Gasteiger partial charge in [0.05, 0.1) is 19.8 Å². The van der Waals surface area contributed by atoms with E-state index in [1.54, 1.807) is 0 Å². The average molecular weight is 411 g/mol. The zero-order valence-electron chi connectivity index (χ0n) is 14.7. The van der Waals surface area contributed by atoms with Crippen LogP contribution >= 0.6 is 15.9 Å². The van der Waals surface area contributed by atoms with E-state index in [1.807, 2.05) is 18.2 Å². The summed E-state index contributed by atoms with van der Waals surface area (Å²) in [6.45, 7) is 1.74. The lowest BCUT2D eigenvalue weighted by molar-refractivity contribution is -0.0213. The van der Waals surface area contributed by atoms with Crippen LogP contribution in [-0.4, -0.2) is 25.2 Å². The molecule has 0 unspecified atom stereocenters. The largest absolute Gasteiger partial charge is 0.378 e. The molecule has 0 aliphatic carbocycles. The maximum Gasteiger partial charge on any atom is 0.143 e. The lowest BCUT2D eigenvalue weighted by Gasteiger charge is -2.36. The fourth-order valence-corrected chi connectivity index (χ4v) is 3.41. The third kappa shape index (κ3) is 4.24. The molecule has 0 aliphatic heterocycles.